The van der Waals surface area contributed by atoms with Gasteiger partial charge in [-0.3, -0.25) is 4.79 Å². The van der Waals surface area contributed by atoms with Crippen LogP contribution in [0.5, 0.6) is 0 Å². The number of aromatic nitrogens is 2. The number of aliphatic hydroxyl groups is 1. The van der Waals surface area contributed by atoms with Crippen LogP contribution in [0.2, 0.25) is 0 Å². The van der Waals surface area contributed by atoms with E-state index in [2.05, 4.69) is 21.8 Å². The lowest BCUT2D eigenvalue weighted by molar-refractivity contribution is 0.350. The van der Waals surface area contributed by atoms with Gasteiger partial charge in [0.2, 0.25) is 0 Å². The summed E-state index contributed by atoms with van der Waals surface area (Å²) in [6, 6.07) is 5.93. The molecule has 1 aromatic carbocycles. The molecule has 0 spiro atoms. The maximum atomic E-state index is 13.5. The van der Waals surface area contributed by atoms with Crippen LogP contribution in [-0.4, -0.2) is 21.7 Å². The van der Waals surface area contributed by atoms with E-state index in [9.17, 15) is 9.18 Å². The van der Waals surface area contributed by atoms with Crippen LogP contribution >= 0.6 is 11.8 Å². The number of hydrogen-bond donors (Lipinski definition) is 2. The van der Waals surface area contributed by atoms with Gasteiger partial charge in [0.05, 0.1) is 5.56 Å². The van der Waals surface area contributed by atoms with Gasteiger partial charge in [0.1, 0.15) is 12.4 Å². The lowest BCUT2D eigenvalue weighted by atomic mass is 10.1. The number of aliphatic hydroxyl groups excluding tert-OH is 1. The van der Waals surface area contributed by atoms with E-state index in [-0.39, 0.29) is 17.7 Å². The minimum absolute atomic E-state index is 0.212. The van der Waals surface area contributed by atoms with Crippen molar-refractivity contribution < 1.29 is 9.50 Å². The topological polar surface area (TPSA) is 66.0 Å². The van der Waals surface area contributed by atoms with E-state index >= 15 is 0 Å². The Hall–Kier alpha value is -2.10. The summed E-state index contributed by atoms with van der Waals surface area (Å²) < 4.78 is 13.5. The van der Waals surface area contributed by atoms with Crippen molar-refractivity contribution in [1.29, 1.82) is 0 Å². The predicted molar refractivity (Wildman–Crippen MR) is 74.8 cm³/mol. The highest BCUT2D eigenvalue weighted by atomic mass is 32.2. The molecule has 0 amide bonds. The fourth-order valence-electron chi connectivity index (χ4n) is 1.47. The molecule has 0 aliphatic rings. The summed E-state index contributed by atoms with van der Waals surface area (Å²) in [6.07, 6.45) is 1.43. The first-order valence-corrected chi connectivity index (χ1v) is 6.74. The third-order valence-electron chi connectivity index (χ3n) is 2.36. The molecule has 0 saturated carbocycles. The first-order valence-electron chi connectivity index (χ1n) is 5.75. The number of nitrogens with zero attached hydrogens (tertiary/aromatic N) is 1. The average Bonchev–Trinajstić information content (AvgIpc) is 2.45. The molecule has 2 N–H and O–H groups in total. The van der Waals surface area contributed by atoms with Crippen LogP contribution in [0, 0.1) is 17.7 Å². The number of thioether (sulfide) groups is 1. The summed E-state index contributed by atoms with van der Waals surface area (Å²) in [7, 11) is 0. The zero-order valence-corrected chi connectivity index (χ0v) is 11.2. The fourth-order valence-corrected chi connectivity index (χ4v) is 2.26. The molecule has 0 unspecified atom stereocenters. The van der Waals surface area contributed by atoms with Gasteiger partial charge in [0, 0.05) is 18.0 Å². The number of hydrogen-bond acceptors (Lipinski definition) is 4. The highest BCUT2D eigenvalue weighted by molar-refractivity contribution is 7.98. The van der Waals surface area contributed by atoms with Gasteiger partial charge in [0.15, 0.2) is 5.16 Å². The molecular weight excluding hydrogens is 279 g/mol. The van der Waals surface area contributed by atoms with E-state index in [1.165, 1.54) is 30.1 Å². The molecule has 0 aliphatic carbocycles. The zero-order chi connectivity index (χ0) is 14.4. The van der Waals surface area contributed by atoms with Crippen molar-refractivity contribution in [2.24, 2.45) is 0 Å². The van der Waals surface area contributed by atoms with Crippen LogP contribution in [0.25, 0.3) is 0 Å². The highest BCUT2D eigenvalue weighted by Crippen LogP contribution is 2.19. The monoisotopic (exact) mass is 290 g/mol. The standard InChI is InChI=1S/C14H11FN2O2S/c15-12-4-3-10(8-11(12)2-1-7-18)9-20-14-16-6-5-13(19)17-14/h3-6,8,18H,7,9H2,(H,16,17,19). The number of H-pyrrole nitrogens is 1. The molecule has 0 aliphatic heterocycles. The van der Waals surface area contributed by atoms with Gasteiger partial charge < -0.3 is 10.1 Å². The summed E-state index contributed by atoms with van der Waals surface area (Å²) in [4.78, 5) is 17.7. The van der Waals surface area contributed by atoms with Gasteiger partial charge in [-0.05, 0) is 17.7 Å². The Labute approximate surface area is 119 Å². The molecule has 4 nitrogen and oxygen atoms in total. The third-order valence-corrected chi connectivity index (χ3v) is 3.31. The van der Waals surface area contributed by atoms with E-state index in [1.807, 2.05) is 0 Å². The number of rotatable bonds is 3. The molecule has 2 aromatic rings. The Morgan fingerprint density at radius 3 is 3.00 bits per heavy atom. The van der Waals surface area contributed by atoms with Gasteiger partial charge in [-0.2, -0.15) is 0 Å². The van der Waals surface area contributed by atoms with Crippen LogP contribution in [0.3, 0.4) is 0 Å². The molecule has 0 atom stereocenters. The van der Waals surface area contributed by atoms with Crippen LogP contribution in [0.4, 0.5) is 4.39 Å². The highest BCUT2D eigenvalue weighted by Gasteiger charge is 2.03. The van der Waals surface area contributed by atoms with E-state index in [4.69, 9.17) is 5.11 Å². The Balaban J connectivity index is 2.12. The van der Waals surface area contributed by atoms with Gasteiger partial charge in [-0.25, -0.2) is 9.37 Å². The van der Waals surface area contributed by atoms with Crippen LogP contribution in [0.1, 0.15) is 11.1 Å². The molecule has 0 fully saturated rings. The zero-order valence-electron chi connectivity index (χ0n) is 10.4. The lowest BCUT2D eigenvalue weighted by Gasteiger charge is -2.02. The molecule has 6 heteroatoms. The van der Waals surface area contributed by atoms with Gasteiger partial charge in [-0.1, -0.05) is 29.7 Å². The average molecular weight is 290 g/mol. The lowest BCUT2D eigenvalue weighted by Crippen LogP contribution is -2.05. The van der Waals surface area contributed by atoms with Crippen LogP contribution in [-0.2, 0) is 5.75 Å². The van der Waals surface area contributed by atoms with E-state index in [0.29, 0.717) is 10.9 Å². The van der Waals surface area contributed by atoms with Gasteiger partial charge in [-0.15, -0.1) is 0 Å². The second-order valence-corrected chi connectivity index (χ2v) is 4.77. The molecule has 0 radical (unpaired) electrons. The van der Waals surface area contributed by atoms with Gasteiger partial charge in [0.25, 0.3) is 5.56 Å². The van der Waals surface area contributed by atoms with E-state index in [1.54, 1.807) is 12.1 Å². The molecule has 1 aromatic heterocycles. The van der Waals surface area contributed by atoms with Crippen molar-refractivity contribution in [3.05, 3.63) is 57.8 Å². The largest absolute Gasteiger partial charge is 0.384 e. The third kappa shape index (κ3) is 3.95. The molecule has 102 valence electrons. The molecule has 0 bridgehead atoms. The van der Waals surface area contributed by atoms with Crippen molar-refractivity contribution in [1.82, 2.24) is 9.97 Å². The van der Waals surface area contributed by atoms with Gasteiger partial charge >= 0.3 is 0 Å². The van der Waals surface area contributed by atoms with Crippen molar-refractivity contribution in [2.45, 2.75) is 10.9 Å². The van der Waals surface area contributed by atoms with Crippen LogP contribution in [0.15, 0.2) is 40.4 Å². The van der Waals surface area contributed by atoms with Crippen molar-refractivity contribution >= 4 is 11.8 Å². The molecular formula is C14H11FN2O2S. The fraction of sp³-hybridized carbons (Fsp3) is 0.143. The van der Waals surface area contributed by atoms with Crippen molar-refractivity contribution in [3.8, 4) is 11.8 Å². The van der Waals surface area contributed by atoms with E-state index in [0.717, 1.165) is 5.56 Å². The summed E-state index contributed by atoms with van der Waals surface area (Å²) in [5, 5.41) is 9.13. The Morgan fingerprint density at radius 2 is 2.25 bits per heavy atom. The van der Waals surface area contributed by atoms with Crippen LogP contribution < -0.4 is 5.56 Å². The summed E-state index contributed by atoms with van der Waals surface area (Å²) in [5.74, 6) is 5.07. The summed E-state index contributed by atoms with van der Waals surface area (Å²) >= 11 is 1.34. The first-order chi connectivity index (χ1) is 9.69. The SMILES string of the molecule is O=c1ccnc(SCc2ccc(F)c(C#CCO)c2)[nH]1. The molecule has 20 heavy (non-hydrogen) atoms. The Bertz CT molecular complexity index is 719. The summed E-state index contributed by atoms with van der Waals surface area (Å²) in [5.41, 5.74) is 0.882. The Morgan fingerprint density at radius 1 is 1.40 bits per heavy atom. The normalized spacial score (nSPS) is 9.90. The number of nitrogens with one attached hydrogen (secondary N) is 1. The van der Waals surface area contributed by atoms with Crippen molar-refractivity contribution in [3.63, 3.8) is 0 Å². The quantitative estimate of drug-likeness (QED) is 0.511. The first kappa shape index (κ1) is 14.3. The Kier molecular flexibility index (Phi) is 4.93. The minimum atomic E-state index is -0.425. The maximum Gasteiger partial charge on any atom is 0.251 e. The molecule has 1 heterocycles. The maximum absolute atomic E-state index is 13.5. The summed E-state index contributed by atoms with van der Waals surface area (Å²) in [6.45, 7) is -0.312. The predicted octanol–water partition coefficient (Wildman–Crippen LogP) is 1.55. The smallest absolute Gasteiger partial charge is 0.251 e. The van der Waals surface area contributed by atoms with Crippen molar-refractivity contribution in [2.75, 3.05) is 6.61 Å². The second-order valence-electron chi connectivity index (χ2n) is 3.80. The number of benzene rings is 1. The number of halogens is 1. The molecule has 2 rings (SSSR count). The van der Waals surface area contributed by atoms with E-state index < -0.39 is 5.82 Å². The minimum Gasteiger partial charge on any atom is -0.384 e. The molecule has 0 saturated heterocycles. The second kappa shape index (κ2) is 6.89. The number of aromatic amines is 1.